The number of ketones is 1. The maximum atomic E-state index is 12.8. The Morgan fingerprint density at radius 3 is 2.06 bits per heavy atom. The number of rotatable bonds is 9. The molecule has 0 aliphatic carbocycles. The first-order valence-electron chi connectivity index (χ1n) is 8.82. The van der Waals surface area contributed by atoms with E-state index in [2.05, 4.69) is 15.5 Å². The molecule has 166 valence electrons. The number of benzene rings is 2. The first kappa shape index (κ1) is 24.2. The average molecular weight is 470 g/mol. The molecule has 2 aromatic rings. The first-order valence-corrected chi connectivity index (χ1v) is 9.57. The van der Waals surface area contributed by atoms with Crippen molar-refractivity contribution in [2.75, 3.05) is 33.8 Å². The van der Waals surface area contributed by atoms with E-state index in [1.54, 1.807) is 12.1 Å². The molecule has 0 aromatic heterocycles. The number of halogens is 2. The highest BCUT2D eigenvalue weighted by Crippen LogP contribution is 2.43. The highest BCUT2D eigenvalue weighted by molar-refractivity contribution is 6.34. The Labute approximate surface area is 189 Å². The normalized spacial score (nSPS) is 11.7. The van der Waals surface area contributed by atoms with E-state index in [1.165, 1.54) is 47.5 Å². The molecule has 0 bridgehead atoms. The number of ether oxygens (including phenoxy) is 4. The second kappa shape index (κ2) is 10.8. The van der Waals surface area contributed by atoms with E-state index in [0.29, 0.717) is 11.5 Å². The first-order chi connectivity index (χ1) is 14.8. The molecule has 1 unspecified atom stereocenters. The van der Waals surface area contributed by atoms with Crippen LogP contribution < -0.4 is 24.3 Å². The number of nitrogens with one attached hydrogen (secondary N) is 1. The second-order valence-electron chi connectivity index (χ2n) is 6.01. The summed E-state index contributed by atoms with van der Waals surface area (Å²) in [7, 11) is 5.69. The maximum absolute atomic E-state index is 12.8. The molecule has 2 rings (SSSR count). The van der Waals surface area contributed by atoms with Crippen LogP contribution in [0.1, 0.15) is 6.92 Å². The smallest absolute Gasteiger partial charge is 0.258 e. The largest absolute Gasteiger partial charge is 0.495 e. The molecule has 31 heavy (non-hydrogen) atoms. The van der Waals surface area contributed by atoms with E-state index in [9.17, 15) is 9.59 Å². The van der Waals surface area contributed by atoms with Crippen LogP contribution in [0.15, 0.2) is 34.5 Å². The van der Waals surface area contributed by atoms with Crippen molar-refractivity contribution in [3.05, 3.63) is 34.3 Å². The average Bonchev–Trinajstić information content (AvgIpc) is 2.74. The van der Waals surface area contributed by atoms with Crippen molar-refractivity contribution in [1.29, 1.82) is 0 Å². The number of Topliss-reactive ketones (excluding diaryl/α,β-unsaturated/α-hetero) is 1. The van der Waals surface area contributed by atoms with Crippen LogP contribution in [0.4, 0.5) is 11.4 Å². The van der Waals surface area contributed by atoms with E-state index in [0.717, 1.165) is 0 Å². The molecule has 0 aliphatic rings. The molecule has 2 aromatic carbocycles. The zero-order chi connectivity index (χ0) is 23.1. The summed E-state index contributed by atoms with van der Waals surface area (Å²) < 4.78 is 20.8. The van der Waals surface area contributed by atoms with Gasteiger partial charge in [-0.25, -0.2) is 0 Å². The molecule has 11 heteroatoms. The minimum Gasteiger partial charge on any atom is -0.495 e. The molecular weight excluding hydrogens is 449 g/mol. The van der Waals surface area contributed by atoms with E-state index in [4.69, 9.17) is 42.1 Å². The predicted octanol–water partition coefficient (Wildman–Crippen LogP) is 4.71. The van der Waals surface area contributed by atoms with Gasteiger partial charge in [-0.2, -0.15) is 5.11 Å². The maximum Gasteiger partial charge on any atom is 0.258 e. The van der Waals surface area contributed by atoms with Gasteiger partial charge in [0, 0.05) is 0 Å². The highest BCUT2D eigenvalue weighted by Gasteiger charge is 2.26. The van der Waals surface area contributed by atoms with Crippen LogP contribution >= 0.6 is 23.2 Å². The lowest BCUT2D eigenvalue weighted by atomic mass is 10.2. The lowest BCUT2D eigenvalue weighted by Gasteiger charge is -2.15. The lowest BCUT2D eigenvalue weighted by Crippen LogP contribution is -2.32. The van der Waals surface area contributed by atoms with Gasteiger partial charge >= 0.3 is 0 Å². The summed E-state index contributed by atoms with van der Waals surface area (Å²) in [6, 6.07) is 4.74. The number of hydrogen-bond donors (Lipinski definition) is 1. The third-order valence-electron chi connectivity index (χ3n) is 4.12. The Kier molecular flexibility index (Phi) is 8.47. The monoisotopic (exact) mass is 469 g/mol. The van der Waals surface area contributed by atoms with Crippen molar-refractivity contribution in [3.63, 3.8) is 0 Å². The van der Waals surface area contributed by atoms with Crippen molar-refractivity contribution in [2.45, 2.75) is 13.0 Å². The minimum absolute atomic E-state index is 0.118. The standard InChI is InChI=1S/C20H21Cl2N3O6/c1-10(26)16(24-25-17-11(21)6-8-14(29-3)19(17)31-5)20(27)23-12-7-9-13(28-2)15(22)18(12)30-4/h6-9,16H,1-5H3,(H,23,27). The number of carbonyl (C=O) groups is 2. The summed E-state index contributed by atoms with van der Waals surface area (Å²) >= 11 is 12.4. The van der Waals surface area contributed by atoms with Crippen molar-refractivity contribution >= 4 is 46.3 Å². The van der Waals surface area contributed by atoms with Gasteiger partial charge in [0.1, 0.15) is 16.5 Å². The Bertz CT molecular complexity index is 1010. The summed E-state index contributed by atoms with van der Waals surface area (Å²) in [5, 5.41) is 10.8. The lowest BCUT2D eigenvalue weighted by molar-refractivity contribution is -0.126. The predicted molar refractivity (Wildman–Crippen MR) is 117 cm³/mol. The molecule has 0 aliphatic heterocycles. The summed E-state index contributed by atoms with van der Waals surface area (Å²) in [5.41, 5.74) is 0.351. The summed E-state index contributed by atoms with van der Waals surface area (Å²) in [6.45, 7) is 1.21. The number of amides is 1. The molecule has 0 spiro atoms. The fraction of sp³-hybridized carbons (Fsp3) is 0.300. The molecule has 0 heterocycles. The third-order valence-corrected chi connectivity index (χ3v) is 4.78. The van der Waals surface area contributed by atoms with Crippen LogP contribution in [-0.4, -0.2) is 46.2 Å². The van der Waals surface area contributed by atoms with Gasteiger partial charge in [0.25, 0.3) is 5.91 Å². The SMILES string of the molecule is COc1ccc(NC(=O)C(N=Nc2c(Cl)ccc(OC)c2OC)C(C)=O)c(OC)c1Cl. The number of anilines is 1. The second-order valence-corrected chi connectivity index (χ2v) is 6.80. The van der Waals surface area contributed by atoms with Crippen LogP contribution in [0, 0.1) is 0 Å². The van der Waals surface area contributed by atoms with Gasteiger partial charge in [-0.3, -0.25) is 9.59 Å². The van der Waals surface area contributed by atoms with Crippen LogP contribution in [0.3, 0.4) is 0 Å². The Morgan fingerprint density at radius 1 is 0.903 bits per heavy atom. The molecular formula is C20H21Cl2N3O6. The van der Waals surface area contributed by atoms with Crippen LogP contribution in [0.25, 0.3) is 0 Å². The quantitative estimate of drug-likeness (QED) is 0.420. The molecule has 1 N–H and O–H groups in total. The molecule has 0 saturated carbocycles. The van der Waals surface area contributed by atoms with E-state index < -0.39 is 17.7 Å². The molecule has 1 atom stereocenters. The van der Waals surface area contributed by atoms with Crippen LogP contribution in [0.5, 0.6) is 23.0 Å². The summed E-state index contributed by atoms with van der Waals surface area (Å²) in [5.74, 6) is -0.177. The summed E-state index contributed by atoms with van der Waals surface area (Å²) in [4.78, 5) is 24.9. The zero-order valence-electron chi connectivity index (χ0n) is 17.5. The minimum atomic E-state index is -1.46. The van der Waals surface area contributed by atoms with E-state index in [-0.39, 0.29) is 32.9 Å². The van der Waals surface area contributed by atoms with Crippen molar-refractivity contribution < 1.29 is 28.5 Å². The molecule has 0 fully saturated rings. The Balaban J connectivity index is 2.38. The number of carbonyl (C=O) groups excluding carboxylic acids is 2. The Morgan fingerprint density at radius 2 is 1.52 bits per heavy atom. The number of azo groups is 1. The van der Waals surface area contributed by atoms with Gasteiger partial charge in [0.2, 0.25) is 6.04 Å². The molecule has 1 amide bonds. The van der Waals surface area contributed by atoms with Gasteiger partial charge in [-0.15, -0.1) is 5.11 Å². The van der Waals surface area contributed by atoms with Gasteiger partial charge in [-0.05, 0) is 31.2 Å². The van der Waals surface area contributed by atoms with Gasteiger partial charge < -0.3 is 24.3 Å². The van der Waals surface area contributed by atoms with E-state index >= 15 is 0 Å². The number of nitrogens with zero attached hydrogens (tertiary/aromatic N) is 2. The third kappa shape index (κ3) is 5.36. The molecule has 0 radical (unpaired) electrons. The van der Waals surface area contributed by atoms with Gasteiger partial charge in [-0.1, -0.05) is 23.2 Å². The molecule has 0 saturated heterocycles. The van der Waals surface area contributed by atoms with Gasteiger partial charge in [0.05, 0.1) is 39.1 Å². The zero-order valence-corrected chi connectivity index (χ0v) is 19.0. The molecule has 9 nitrogen and oxygen atoms in total. The number of methoxy groups -OCH3 is 4. The van der Waals surface area contributed by atoms with Crippen molar-refractivity contribution in [1.82, 2.24) is 0 Å². The van der Waals surface area contributed by atoms with Crippen LogP contribution in [-0.2, 0) is 9.59 Å². The van der Waals surface area contributed by atoms with Crippen molar-refractivity contribution in [2.24, 2.45) is 10.2 Å². The van der Waals surface area contributed by atoms with Gasteiger partial charge in [0.15, 0.2) is 23.0 Å². The topological polar surface area (TPSA) is 108 Å². The fourth-order valence-corrected chi connectivity index (χ4v) is 3.11. The summed E-state index contributed by atoms with van der Waals surface area (Å²) in [6.07, 6.45) is 0. The Hall–Kier alpha value is -3.04. The van der Waals surface area contributed by atoms with E-state index in [1.807, 2.05) is 0 Å². The number of hydrogen-bond acceptors (Lipinski definition) is 8. The van der Waals surface area contributed by atoms with Crippen LogP contribution in [0.2, 0.25) is 10.0 Å². The highest BCUT2D eigenvalue weighted by atomic mass is 35.5. The van der Waals surface area contributed by atoms with Crippen molar-refractivity contribution in [3.8, 4) is 23.0 Å². The fourth-order valence-electron chi connectivity index (χ4n) is 2.61.